The van der Waals surface area contributed by atoms with Crippen LogP contribution in [0.1, 0.15) is 37.7 Å². The second kappa shape index (κ2) is 5.82. The third-order valence-electron chi connectivity index (χ3n) is 5.99. The lowest BCUT2D eigenvalue weighted by Crippen LogP contribution is -2.59. The Balaban J connectivity index is 1.38. The Hall–Kier alpha value is -1.55. The second-order valence-corrected chi connectivity index (χ2v) is 7.58. The minimum absolute atomic E-state index is 0.244. The number of amides is 1. The molecule has 4 nitrogen and oxygen atoms in total. The first-order valence-corrected chi connectivity index (χ1v) is 8.71. The summed E-state index contributed by atoms with van der Waals surface area (Å²) < 4.78 is 11.7. The number of hydrogen-bond acceptors (Lipinski definition) is 3. The predicted octanol–water partition coefficient (Wildman–Crippen LogP) is 3.51. The molecular weight excluding hydrogens is 290 g/mol. The first-order chi connectivity index (χ1) is 11.2. The van der Waals surface area contributed by atoms with Crippen LogP contribution in [0.15, 0.2) is 30.3 Å². The number of benzene rings is 1. The van der Waals surface area contributed by atoms with E-state index in [9.17, 15) is 4.79 Å². The molecule has 0 heterocycles. The van der Waals surface area contributed by atoms with Gasteiger partial charge in [0.2, 0.25) is 0 Å². The maximum Gasteiger partial charge on any atom is 0.407 e. The summed E-state index contributed by atoms with van der Waals surface area (Å²) in [5, 5.41) is 2.91. The molecule has 4 bridgehead atoms. The lowest BCUT2D eigenvalue weighted by molar-refractivity contribution is -0.183. The summed E-state index contributed by atoms with van der Waals surface area (Å²) in [4.78, 5) is 12.3. The standard InChI is InChI=1S/C19H25NO3/c1-22-17-15-7-14-8-16(17)11-19(9-14,10-15)23-18(21)20-12-13-5-3-2-4-6-13/h2-6,14-17H,7-12H2,1H3,(H,20,21). The van der Waals surface area contributed by atoms with Crippen LogP contribution < -0.4 is 5.32 Å². The fourth-order valence-corrected chi connectivity index (χ4v) is 5.42. The van der Waals surface area contributed by atoms with Crippen molar-refractivity contribution in [2.45, 2.75) is 50.4 Å². The van der Waals surface area contributed by atoms with Gasteiger partial charge in [-0.25, -0.2) is 4.79 Å². The molecule has 1 aromatic rings. The van der Waals surface area contributed by atoms with Crippen LogP contribution in [0.3, 0.4) is 0 Å². The zero-order chi connectivity index (χ0) is 15.9. The molecule has 4 saturated carbocycles. The van der Waals surface area contributed by atoms with Gasteiger partial charge in [-0.2, -0.15) is 0 Å². The summed E-state index contributed by atoms with van der Waals surface area (Å²) in [6.45, 7) is 0.521. The van der Waals surface area contributed by atoms with Crippen LogP contribution in [0.5, 0.6) is 0 Å². The normalized spacial score (nSPS) is 37.6. The molecule has 5 rings (SSSR count). The van der Waals surface area contributed by atoms with E-state index in [4.69, 9.17) is 9.47 Å². The van der Waals surface area contributed by atoms with Crippen molar-refractivity contribution in [1.29, 1.82) is 0 Å². The molecule has 4 fully saturated rings. The monoisotopic (exact) mass is 315 g/mol. The van der Waals surface area contributed by atoms with Crippen LogP contribution >= 0.6 is 0 Å². The average molecular weight is 315 g/mol. The van der Waals surface area contributed by atoms with Crippen LogP contribution in [0.4, 0.5) is 4.79 Å². The lowest BCUT2D eigenvalue weighted by atomic mass is 9.53. The molecule has 1 N–H and O–H groups in total. The van der Waals surface area contributed by atoms with Gasteiger partial charge in [-0.3, -0.25) is 0 Å². The molecule has 4 aliphatic carbocycles. The Morgan fingerprint density at radius 2 is 1.87 bits per heavy atom. The zero-order valence-electron chi connectivity index (χ0n) is 13.7. The molecule has 2 unspecified atom stereocenters. The molecular formula is C19H25NO3. The SMILES string of the molecule is COC1C2CC3CC1CC(OC(=O)NCc1ccccc1)(C3)C2. The van der Waals surface area contributed by atoms with E-state index in [1.807, 2.05) is 37.4 Å². The Bertz CT molecular complexity index is 557. The highest BCUT2D eigenvalue weighted by Crippen LogP contribution is 2.57. The Morgan fingerprint density at radius 1 is 1.17 bits per heavy atom. The summed E-state index contributed by atoms with van der Waals surface area (Å²) in [7, 11) is 1.83. The third kappa shape index (κ3) is 2.85. The van der Waals surface area contributed by atoms with Gasteiger partial charge in [0.1, 0.15) is 5.60 Å². The molecule has 4 aliphatic rings. The van der Waals surface area contributed by atoms with Gasteiger partial charge in [-0.1, -0.05) is 30.3 Å². The molecule has 0 saturated heterocycles. The van der Waals surface area contributed by atoms with Crippen molar-refractivity contribution in [2.24, 2.45) is 17.8 Å². The van der Waals surface area contributed by atoms with E-state index in [1.54, 1.807) is 0 Å². The first kappa shape index (κ1) is 15.0. The second-order valence-electron chi connectivity index (χ2n) is 7.58. The Labute approximate surface area is 137 Å². The van der Waals surface area contributed by atoms with Gasteiger partial charge in [0, 0.05) is 13.7 Å². The zero-order valence-corrected chi connectivity index (χ0v) is 13.7. The molecule has 1 aromatic carbocycles. The highest BCUT2D eigenvalue weighted by Gasteiger charge is 2.57. The average Bonchev–Trinajstić information content (AvgIpc) is 2.53. The summed E-state index contributed by atoms with van der Waals surface area (Å²) in [5.74, 6) is 1.84. The van der Waals surface area contributed by atoms with Crippen molar-refractivity contribution >= 4 is 6.09 Å². The number of hydrogen-bond donors (Lipinski definition) is 1. The largest absolute Gasteiger partial charge is 0.443 e. The summed E-state index contributed by atoms with van der Waals surface area (Å²) in [6, 6.07) is 9.95. The summed E-state index contributed by atoms with van der Waals surface area (Å²) in [5.41, 5.74) is 0.848. The fraction of sp³-hybridized carbons (Fsp3) is 0.632. The third-order valence-corrected chi connectivity index (χ3v) is 5.99. The van der Waals surface area contributed by atoms with E-state index >= 15 is 0 Å². The van der Waals surface area contributed by atoms with Crippen LogP contribution in [0.2, 0.25) is 0 Å². The number of methoxy groups -OCH3 is 1. The van der Waals surface area contributed by atoms with Crippen LogP contribution in [0.25, 0.3) is 0 Å². The molecule has 23 heavy (non-hydrogen) atoms. The van der Waals surface area contributed by atoms with Crippen molar-refractivity contribution in [3.8, 4) is 0 Å². The number of alkyl carbamates (subject to hydrolysis) is 1. The maximum atomic E-state index is 12.3. The van der Waals surface area contributed by atoms with Crippen molar-refractivity contribution < 1.29 is 14.3 Å². The van der Waals surface area contributed by atoms with Gasteiger partial charge >= 0.3 is 6.09 Å². The number of carbonyl (C=O) groups is 1. The van der Waals surface area contributed by atoms with Gasteiger partial charge in [0.05, 0.1) is 6.10 Å². The predicted molar refractivity (Wildman–Crippen MR) is 86.8 cm³/mol. The summed E-state index contributed by atoms with van der Waals surface area (Å²) >= 11 is 0. The van der Waals surface area contributed by atoms with Crippen molar-refractivity contribution in [3.63, 3.8) is 0 Å². The smallest absolute Gasteiger partial charge is 0.407 e. The number of carbonyl (C=O) groups excluding carboxylic acids is 1. The van der Waals surface area contributed by atoms with Crippen LogP contribution in [-0.2, 0) is 16.0 Å². The van der Waals surface area contributed by atoms with Gasteiger partial charge < -0.3 is 14.8 Å². The minimum atomic E-state index is -0.273. The van der Waals surface area contributed by atoms with Crippen molar-refractivity contribution in [2.75, 3.05) is 7.11 Å². The Kier molecular flexibility index (Phi) is 3.80. The molecule has 0 aliphatic heterocycles. The quantitative estimate of drug-likeness (QED) is 0.925. The molecule has 124 valence electrons. The topological polar surface area (TPSA) is 47.6 Å². The molecule has 4 heteroatoms. The lowest BCUT2D eigenvalue weighted by Gasteiger charge is -2.58. The molecule has 0 radical (unpaired) electrons. The number of nitrogens with one attached hydrogen (secondary N) is 1. The molecule has 0 aromatic heterocycles. The van der Waals surface area contributed by atoms with Gasteiger partial charge in [-0.05, 0) is 55.4 Å². The number of ether oxygens (including phenoxy) is 2. The van der Waals surface area contributed by atoms with Crippen LogP contribution in [-0.4, -0.2) is 24.9 Å². The minimum Gasteiger partial charge on any atom is -0.443 e. The summed E-state index contributed by atoms with van der Waals surface area (Å²) in [6.07, 6.45) is 5.56. The van der Waals surface area contributed by atoms with E-state index in [0.717, 1.165) is 24.8 Å². The molecule has 2 atom stereocenters. The first-order valence-electron chi connectivity index (χ1n) is 8.71. The highest BCUT2D eigenvalue weighted by atomic mass is 16.6. The van der Waals surface area contributed by atoms with E-state index in [-0.39, 0.29) is 11.7 Å². The maximum absolute atomic E-state index is 12.3. The van der Waals surface area contributed by atoms with Crippen molar-refractivity contribution in [1.82, 2.24) is 5.32 Å². The van der Waals surface area contributed by atoms with E-state index < -0.39 is 0 Å². The Morgan fingerprint density at radius 3 is 2.52 bits per heavy atom. The fourth-order valence-electron chi connectivity index (χ4n) is 5.42. The van der Waals surface area contributed by atoms with Crippen LogP contribution in [0, 0.1) is 17.8 Å². The van der Waals surface area contributed by atoms with E-state index in [0.29, 0.717) is 30.4 Å². The molecule has 0 spiro atoms. The van der Waals surface area contributed by atoms with E-state index in [1.165, 1.54) is 12.8 Å². The number of rotatable bonds is 4. The van der Waals surface area contributed by atoms with Gasteiger partial charge in [0.15, 0.2) is 0 Å². The highest BCUT2D eigenvalue weighted by molar-refractivity contribution is 5.67. The van der Waals surface area contributed by atoms with Gasteiger partial charge in [0.25, 0.3) is 0 Å². The molecule has 1 amide bonds. The van der Waals surface area contributed by atoms with Crippen molar-refractivity contribution in [3.05, 3.63) is 35.9 Å². The van der Waals surface area contributed by atoms with Gasteiger partial charge in [-0.15, -0.1) is 0 Å². The van der Waals surface area contributed by atoms with E-state index in [2.05, 4.69) is 5.32 Å².